The molecule has 0 aliphatic carbocycles. The molecule has 2 heterocycles. The number of morpholine rings is 1. The van der Waals surface area contributed by atoms with E-state index in [-0.39, 0.29) is 23.3 Å². The Balaban J connectivity index is 1.49. The van der Waals surface area contributed by atoms with Gasteiger partial charge in [-0.05, 0) is 17.7 Å². The summed E-state index contributed by atoms with van der Waals surface area (Å²) in [7, 11) is 0. The number of amides is 1. The van der Waals surface area contributed by atoms with Crippen molar-refractivity contribution < 1.29 is 9.53 Å². The van der Waals surface area contributed by atoms with Gasteiger partial charge in [0.15, 0.2) is 11.7 Å². The van der Waals surface area contributed by atoms with Crippen molar-refractivity contribution in [3.63, 3.8) is 0 Å². The number of hydrogen-bond donors (Lipinski definition) is 4. The van der Waals surface area contributed by atoms with E-state index in [0.29, 0.717) is 49.7 Å². The highest BCUT2D eigenvalue weighted by Gasteiger charge is 2.17. The Kier molecular flexibility index (Phi) is 6.69. The number of nitrogen functional groups attached to an aromatic ring is 1. The van der Waals surface area contributed by atoms with Crippen LogP contribution in [0, 0.1) is 5.41 Å². The Morgan fingerprint density at radius 3 is 2.69 bits per heavy atom. The maximum absolute atomic E-state index is 12.6. The highest BCUT2D eigenvalue weighted by Crippen LogP contribution is 2.20. The van der Waals surface area contributed by atoms with Crippen LogP contribution in [0.25, 0.3) is 11.3 Å². The van der Waals surface area contributed by atoms with Crippen LogP contribution in [0.15, 0.2) is 60.8 Å². The van der Waals surface area contributed by atoms with Gasteiger partial charge in [-0.2, -0.15) is 0 Å². The van der Waals surface area contributed by atoms with Crippen molar-refractivity contribution in [2.24, 2.45) is 0 Å². The van der Waals surface area contributed by atoms with Crippen molar-refractivity contribution in [3.05, 3.63) is 77.6 Å². The molecule has 1 aromatic heterocycles. The molecule has 1 saturated heterocycles. The number of anilines is 1. The first-order valence-electron chi connectivity index (χ1n) is 10.3. The van der Waals surface area contributed by atoms with Gasteiger partial charge in [-0.15, -0.1) is 0 Å². The highest BCUT2D eigenvalue weighted by atomic mass is 16.5. The Hall–Kier alpha value is -3.82. The SMILES string of the molecule is N=C(NN1CCOCC1)c1nc(-c2cccc(C(=O)NCc3ccccc3)c2)cnc1N. The van der Waals surface area contributed by atoms with Crippen LogP contribution in [0.2, 0.25) is 0 Å². The molecule has 1 amide bonds. The summed E-state index contributed by atoms with van der Waals surface area (Å²) in [6.07, 6.45) is 1.54. The number of ether oxygens (including phenoxy) is 1. The first-order chi connectivity index (χ1) is 15.6. The van der Waals surface area contributed by atoms with Crippen molar-refractivity contribution >= 4 is 17.6 Å². The maximum Gasteiger partial charge on any atom is 0.251 e. The molecule has 9 heteroatoms. The molecule has 5 N–H and O–H groups in total. The lowest BCUT2D eigenvalue weighted by Gasteiger charge is -2.27. The number of aromatic nitrogens is 2. The first-order valence-corrected chi connectivity index (χ1v) is 10.3. The van der Waals surface area contributed by atoms with Gasteiger partial charge in [0.2, 0.25) is 0 Å². The standard InChI is InChI=1S/C23H25N7O2/c24-21-20(22(25)29-30-9-11-32-12-10-30)28-19(15-26-21)17-7-4-8-18(13-17)23(31)27-14-16-5-2-1-3-6-16/h1-8,13,15H,9-12,14H2,(H2,24,26)(H2,25,29)(H,27,31). The number of benzene rings is 2. The zero-order chi connectivity index (χ0) is 22.3. The summed E-state index contributed by atoms with van der Waals surface area (Å²) in [5.74, 6) is 0.0489. The molecule has 1 aliphatic rings. The third-order valence-corrected chi connectivity index (χ3v) is 5.04. The average molecular weight is 432 g/mol. The van der Waals surface area contributed by atoms with E-state index in [1.165, 1.54) is 0 Å². The number of amidine groups is 1. The minimum absolute atomic E-state index is 0.0653. The molecule has 0 atom stereocenters. The smallest absolute Gasteiger partial charge is 0.251 e. The van der Waals surface area contributed by atoms with Crippen LogP contribution in [0.1, 0.15) is 21.6 Å². The lowest BCUT2D eigenvalue weighted by Crippen LogP contribution is -2.48. The molecule has 164 valence electrons. The summed E-state index contributed by atoms with van der Waals surface area (Å²) in [6.45, 7) is 2.96. The molecule has 0 unspecified atom stereocenters. The van der Waals surface area contributed by atoms with Crippen LogP contribution in [0.5, 0.6) is 0 Å². The second-order valence-electron chi connectivity index (χ2n) is 7.32. The zero-order valence-electron chi connectivity index (χ0n) is 17.5. The summed E-state index contributed by atoms with van der Waals surface area (Å²) in [5, 5.41) is 13.2. The summed E-state index contributed by atoms with van der Waals surface area (Å²) in [4.78, 5) is 21.4. The van der Waals surface area contributed by atoms with Crippen molar-refractivity contribution in [2.75, 3.05) is 32.0 Å². The van der Waals surface area contributed by atoms with E-state index in [4.69, 9.17) is 15.9 Å². The first kappa shape index (κ1) is 21.4. The van der Waals surface area contributed by atoms with Crippen LogP contribution in [0.4, 0.5) is 5.82 Å². The van der Waals surface area contributed by atoms with E-state index >= 15 is 0 Å². The van der Waals surface area contributed by atoms with Crippen molar-refractivity contribution in [2.45, 2.75) is 6.54 Å². The lowest BCUT2D eigenvalue weighted by molar-refractivity contribution is 0.0247. The van der Waals surface area contributed by atoms with E-state index in [1.807, 2.05) is 41.4 Å². The minimum atomic E-state index is -0.180. The van der Waals surface area contributed by atoms with E-state index in [1.54, 1.807) is 24.4 Å². The lowest BCUT2D eigenvalue weighted by atomic mass is 10.1. The predicted molar refractivity (Wildman–Crippen MR) is 122 cm³/mol. The van der Waals surface area contributed by atoms with Crippen molar-refractivity contribution in [3.8, 4) is 11.3 Å². The van der Waals surface area contributed by atoms with Gasteiger partial charge in [-0.1, -0.05) is 42.5 Å². The molecule has 1 aliphatic heterocycles. The van der Waals surface area contributed by atoms with E-state index < -0.39 is 0 Å². The maximum atomic E-state index is 12.6. The zero-order valence-corrected chi connectivity index (χ0v) is 17.5. The molecule has 3 aromatic rings. The highest BCUT2D eigenvalue weighted by molar-refractivity contribution is 5.98. The fourth-order valence-corrected chi connectivity index (χ4v) is 3.31. The average Bonchev–Trinajstić information content (AvgIpc) is 2.84. The van der Waals surface area contributed by atoms with Crippen LogP contribution in [-0.4, -0.2) is 53.0 Å². The molecular weight excluding hydrogens is 406 g/mol. The van der Waals surface area contributed by atoms with Gasteiger partial charge in [-0.25, -0.2) is 15.0 Å². The van der Waals surface area contributed by atoms with Crippen LogP contribution < -0.4 is 16.5 Å². The van der Waals surface area contributed by atoms with Gasteiger partial charge in [0.25, 0.3) is 5.91 Å². The van der Waals surface area contributed by atoms with Gasteiger partial charge in [0, 0.05) is 30.8 Å². The number of nitrogens with two attached hydrogens (primary N) is 1. The van der Waals surface area contributed by atoms with Crippen molar-refractivity contribution in [1.29, 1.82) is 5.41 Å². The summed E-state index contributed by atoms with van der Waals surface area (Å²) < 4.78 is 5.32. The normalized spacial score (nSPS) is 14.0. The van der Waals surface area contributed by atoms with E-state index in [0.717, 1.165) is 5.56 Å². The number of hydrazine groups is 1. The largest absolute Gasteiger partial charge is 0.382 e. The molecule has 32 heavy (non-hydrogen) atoms. The monoisotopic (exact) mass is 431 g/mol. The molecular formula is C23H25N7O2. The van der Waals surface area contributed by atoms with Gasteiger partial charge < -0.3 is 21.2 Å². The number of hydrogen-bond acceptors (Lipinski definition) is 7. The van der Waals surface area contributed by atoms with Crippen LogP contribution in [-0.2, 0) is 11.3 Å². The van der Waals surface area contributed by atoms with Gasteiger partial charge in [0.05, 0.1) is 25.1 Å². The van der Waals surface area contributed by atoms with Crippen molar-refractivity contribution in [1.82, 2.24) is 25.7 Å². The van der Waals surface area contributed by atoms with E-state index in [2.05, 4.69) is 20.7 Å². The fourth-order valence-electron chi connectivity index (χ4n) is 3.31. The van der Waals surface area contributed by atoms with E-state index in [9.17, 15) is 4.79 Å². The third-order valence-electron chi connectivity index (χ3n) is 5.04. The predicted octanol–water partition coefficient (Wildman–Crippen LogP) is 1.82. The summed E-state index contributed by atoms with van der Waals surface area (Å²) in [5.41, 5.74) is 12.0. The molecule has 0 radical (unpaired) electrons. The number of carbonyl (C=O) groups is 1. The number of nitrogens with zero attached hydrogens (tertiary/aromatic N) is 3. The van der Waals surface area contributed by atoms with Crippen LogP contribution in [0.3, 0.4) is 0 Å². The molecule has 2 aromatic carbocycles. The molecule has 1 fully saturated rings. The van der Waals surface area contributed by atoms with Gasteiger partial charge in [-0.3, -0.25) is 10.2 Å². The van der Waals surface area contributed by atoms with Gasteiger partial charge >= 0.3 is 0 Å². The minimum Gasteiger partial charge on any atom is -0.382 e. The quantitative estimate of drug-likeness (QED) is 0.346. The Bertz CT molecular complexity index is 1100. The Morgan fingerprint density at radius 1 is 1.12 bits per heavy atom. The number of nitrogens with one attached hydrogen (secondary N) is 3. The van der Waals surface area contributed by atoms with Gasteiger partial charge in [0.1, 0.15) is 5.69 Å². The second-order valence-corrected chi connectivity index (χ2v) is 7.32. The summed E-state index contributed by atoms with van der Waals surface area (Å²) in [6, 6.07) is 16.9. The second kappa shape index (κ2) is 9.99. The molecule has 0 bridgehead atoms. The number of carbonyl (C=O) groups excluding carboxylic acids is 1. The third kappa shape index (κ3) is 5.26. The molecule has 4 rings (SSSR count). The topological polar surface area (TPSA) is 129 Å². The molecule has 9 nitrogen and oxygen atoms in total. The Morgan fingerprint density at radius 2 is 1.91 bits per heavy atom. The Labute approximate surface area is 186 Å². The number of rotatable bonds is 6. The molecule has 0 saturated carbocycles. The summed E-state index contributed by atoms with van der Waals surface area (Å²) >= 11 is 0. The van der Waals surface area contributed by atoms with Crippen LogP contribution >= 0.6 is 0 Å². The fraction of sp³-hybridized carbons (Fsp3) is 0.217. The molecule has 0 spiro atoms.